The molecule has 0 aromatic carbocycles. The van der Waals surface area contributed by atoms with Crippen molar-refractivity contribution < 1.29 is 19.3 Å². The van der Waals surface area contributed by atoms with Gasteiger partial charge in [0.25, 0.3) is 0 Å². The van der Waals surface area contributed by atoms with Gasteiger partial charge in [-0.05, 0) is 12.3 Å². The highest BCUT2D eigenvalue weighted by atomic mass is 16.5. The van der Waals surface area contributed by atoms with Gasteiger partial charge in [0, 0.05) is 6.61 Å². The van der Waals surface area contributed by atoms with Gasteiger partial charge in [-0.25, -0.2) is 0 Å². The summed E-state index contributed by atoms with van der Waals surface area (Å²) in [6.07, 6.45) is 10.6. The summed E-state index contributed by atoms with van der Waals surface area (Å²) in [6, 6.07) is 0. The Morgan fingerprint density at radius 2 is 1.23 bits per heavy atom. The van der Waals surface area contributed by atoms with Crippen molar-refractivity contribution in [1.29, 1.82) is 0 Å². The molecular formula is C18H38O4. The Balaban J connectivity index is 3.02. The molecule has 22 heavy (non-hydrogen) atoms. The quantitative estimate of drug-likeness (QED) is 0.390. The number of aliphatic hydroxyl groups excluding tert-OH is 1. The molecule has 0 aromatic heterocycles. The van der Waals surface area contributed by atoms with Gasteiger partial charge in [0.05, 0.1) is 39.6 Å². The lowest BCUT2D eigenvalue weighted by atomic mass is 9.97. The second-order valence-electron chi connectivity index (χ2n) is 6.01. The number of aliphatic hydroxyl groups is 1. The van der Waals surface area contributed by atoms with E-state index >= 15 is 0 Å². The standard InChI is InChI=1S/C18H38O4/c1-3-4-9-18(2)10-7-5-6-8-12-20-14-16-22-17-15-21-13-11-19/h18-19H,3-17H2,1-2H3. The summed E-state index contributed by atoms with van der Waals surface area (Å²) in [7, 11) is 0. The van der Waals surface area contributed by atoms with Crippen molar-refractivity contribution in [3.8, 4) is 0 Å². The Bertz CT molecular complexity index is 200. The predicted molar refractivity (Wildman–Crippen MR) is 91.3 cm³/mol. The molecule has 1 unspecified atom stereocenters. The maximum atomic E-state index is 8.52. The molecule has 0 bridgehead atoms. The lowest BCUT2D eigenvalue weighted by Gasteiger charge is -2.10. The van der Waals surface area contributed by atoms with Crippen LogP contribution < -0.4 is 0 Å². The summed E-state index contributed by atoms with van der Waals surface area (Å²) < 4.78 is 16.0. The molecule has 4 heteroatoms. The number of unbranched alkanes of at least 4 members (excludes halogenated alkanes) is 4. The highest BCUT2D eigenvalue weighted by molar-refractivity contribution is 4.54. The van der Waals surface area contributed by atoms with Crippen LogP contribution >= 0.6 is 0 Å². The van der Waals surface area contributed by atoms with Gasteiger partial charge in [-0.2, -0.15) is 0 Å². The number of rotatable bonds is 18. The van der Waals surface area contributed by atoms with Crippen molar-refractivity contribution in [3.05, 3.63) is 0 Å². The van der Waals surface area contributed by atoms with E-state index in [1.54, 1.807) is 0 Å². The van der Waals surface area contributed by atoms with E-state index < -0.39 is 0 Å². The predicted octanol–water partition coefficient (Wildman–Crippen LogP) is 3.81. The molecule has 0 fully saturated rings. The first-order valence-corrected chi connectivity index (χ1v) is 9.15. The van der Waals surface area contributed by atoms with Crippen LogP contribution in [0.1, 0.15) is 65.2 Å². The fourth-order valence-corrected chi connectivity index (χ4v) is 2.35. The fourth-order valence-electron chi connectivity index (χ4n) is 2.35. The molecule has 0 aromatic rings. The Kier molecular flexibility index (Phi) is 18.8. The van der Waals surface area contributed by atoms with Gasteiger partial charge < -0.3 is 19.3 Å². The van der Waals surface area contributed by atoms with Crippen LogP contribution in [0.5, 0.6) is 0 Å². The van der Waals surface area contributed by atoms with Crippen LogP contribution in [-0.4, -0.2) is 51.4 Å². The van der Waals surface area contributed by atoms with E-state index in [0.29, 0.717) is 33.0 Å². The first-order chi connectivity index (χ1) is 10.8. The molecule has 0 saturated heterocycles. The molecule has 0 spiro atoms. The summed E-state index contributed by atoms with van der Waals surface area (Å²) in [5.74, 6) is 0.898. The highest BCUT2D eigenvalue weighted by Crippen LogP contribution is 2.16. The fraction of sp³-hybridized carbons (Fsp3) is 1.00. The summed E-state index contributed by atoms with van der Waals surface area (Å²) in [4.78, 5) is 0. The Labute approximate surface area is 137 Å². The number of hydrogen-bond donors (Lipinski definition) is 1. The van der Waals surface area contributed by atoms with E-state index in [4.69, 9.17) is 19.3 Å². The normalized spacial score (nSPS) is 12.7. The summed E-state index contributed by atoms with van der Waals surface area (Å²) in [6.45, 7) is 8.34. The molecule has 0 aliphatic rings. The Morgan fingerprint density at radius 1 is 0.682 bits per heavy atom. The molecule has 134 valence electrons. The lowest BCUT2D eigenvalue weighted by molar-refractivity contribution is 0.00719. The molecule has 0 heterocycles. The van der Waals surface area contributed by atoms with Crippen LogP contribution in [0.2, 0.25) is 0 Å². The molecule has 0 aliphatic carbocycles. The average Bonchev–Trinajstić information content (AvgIpc) is 2.53. The van der Waals surface area contributed by atoms with Gasteiger partial charge in [0.1, 0.15) is 0 Å². The lowest BCUT2D eigenvalue weighted by Crippen LogP contribution is -2.11. The monoisotopic (exact) mass is 318 g/mol. The van der Waals surface area contributed by atoms with Gasteiger partial charge >= 0.3 is 0 Å². The largest absolute Gasteiger partial charge is 0.394 e. The van der Waals surface area contributed by atoms with E-state index in [1.165, 1.54) is 44.9 Å². The Morgan fingerprint density at radius 3 is 1.86 bits per heavy atom. The maximum Gasteiger partial charge on any atom is 0.0701 e. The average molecular weight is 318 g/mol. The molecule has 0 radical (unpaired) electrons. The third-order valence-electron chi connectivity index (χ3n) is 3.77. The van der Waals surface area contributed by atoms with E-state index in [1.807, 2.05) is 0 Å². The van der Waals surface area contributed by atoms with Crippen LogP contribution in [0.15, 0.2) is 0 Å². The minimum Gasteiger partial charge on any atom is -0.394 e. The summed E-state index contributed by atoms with van der Waals surface area (Å²) in [5.41, 5.74) is 0. The van der Waals surface area contributed by atoms with Gasteiger partial charge in [0.2, 0.25) is 0 Å². The smallest absolute Gasteiger partial charge is 0.0701 e. The minimum absolute atomic E-state index is 0.0702. The van der Waals surface area contributed by atoms with E-state index in [9.17, 15) is 0 Å². The van der Waals surface area contributed by atoms with Gasteiger partial charge in [-0.1, -0.05) is 58.8 Å². The Hall–Kier alpha value is -0.160. The van der Waals surface area contributed by atoms with Gasteiger partial charge in [-0.15, -0.1) is 0 Å². The van der Waals surface area contributed by atoms with Crippen molar-refractivity contribution in [2.45, 2.75) is 65.2 Å². The molecule has 0 aliphatic heterocycles. The van der Waals surface area contributed by atoms with Crippen LogP contribution in [0.25, 0.3) is 0 Å². The van der Waals surface area contributed by atoms with Crippen molar-refractivity contribution >= 4 is 0 Å². The first kappa shape index (κ1) is 21.8. The molecule has 0 rings (SSSR count). The zero-order valence-corrected chi connectivity index (χ0v) is 14.9. The second-order valence-corrected chi connectivity index (χ2v) is 6.01. The van der Waals surface area contributed by atoms with Crippen molar-refractivity contribution in [3.63, 3.8) is 0 Å². The molecule has 1 N–H and O–H groups in total. The molecule has 0 saturated carbocycles. The van der Waals surface area contributed by atoms with Gasteiger partial charge in [0.15, 0.2) is 0 Å². The maximum absolute atomic E-state index is 8.52. The van der Waals surface area contributed by atoms with Crippen LogP contribution in [0.4, 0.5) is 0 Å². The number of ether oxygens (including phenoxy) is 3. The van der Waals surface area contributed by atoms with E-state index in [2.05, 4.69) is 13.8 Å². The summed E-state index contributed by atoms with van der Waals surface area (Å²) in [5, 5.41) is 8.52. The molecular weight excluding hydrogens is 280 g/mol. The van der Waals surface area contributed by atoms with E-state index in [-0.39, 0.29) is 6.61 Å². The molecule has 1 atom stereocenters. The SMILES string of the molecule is CCCCC(C)CCCCCCOCCOCCOCCO. The van der Waals surface area contributed by atoms with Crippen molar-refractivity contribution in [2.24, 2.45) is 5.92 Å². The first-order valence-electron chi connectivity index (χ1n) is 9.15. The van der Waals surface area contributed by atoms with Crippen molar-refractivity contribution in [1.82, 2.24) is 0 Å². The zero-order chi connectivity index (χ0) is 16.3. The highest BCUT2D eigenvalue weighted by Gasteiger charge is 2.01. The molecule has 4 nitrogen and oxygen atoms in total. The van der Waals surface area contributed by atoms with E-state index in [0.717, 1.165) is 18.9 Å². The van der Waals surface area contributed by atoms with Crippen LogP contribution in [0, 0.1) is 5.92 Å². The van der Waals surface area contributed by atoms with Crippen LogP contribution in [0.3, 0.4) is 0 Å². The minimum atomic E-state index is 0.0702. The topological polar surface area (TPSA) is 47.9 Å². The zero-order valence-electron chi connectivity index (χ0n) is 14.9. The third kappa shape index (κ3) is 17.9. The molecule has 0 amide bonds. The van der Waals surface area contributed by atoms with Gasteiger partial charge in [-0.3, -0.25) is 0 Å². The second kappa shape index (κ2) is 18.9. The van der Waals surface area contributed by atoms with Crippen LogP contribution in [-0.2, 0) is 14.2 Å². The third-order valence-corrected chi connectivity index (χ3v) is 3.77. The summed E-state index contributed by atoms with van der Waals surface area (Å²) >= 11 is 0. The number of hydrogen-bond acceptors (Lipinski definition) is 4. The van der Waals surface area contributed by atoms with Crippen molar-refractivity contribution in [2.75, 3.05) is 46.2 Å².